The number of aromatic nitrogens is 1. The van der Waals surface area contributed by atoms with Crippen LogP contribution in [-0.4, -0.2) is 33.9 Å². The maximum atomic E-state index is 14.2. The standard InChI is InChI=1S/C27H29FN4O3/c1-16-8-11-20(12-9-16)32-25(34)24-23(29-17(2)33)21-14-18(28)10-13-22(21)31(24)15-27(32,3)26(35)30-19-6-4-5-7-19/h8-14,19H,4-7,15H2,1-3H3,(H,29,33)(H,30,35). The van der Waals surface area contributed by atoms with Gasteiger partial charge < -0.3 is 15.2 Å². The molecule has 1 aliphatic carbocycles. The van der Waals surface area contributed by atoms with Gasteiger partial charge in [-0.1, -0.05) is 30.5 Å². The van der Waals surface area contributed by atoms with Crippen LogP contribution in [0.2, 0.25) is 0 Å². The van der Waals surface area contributed by atoms with Crippen LogP contribution in [0.1, 0.15) is 55.6 Å². The van der Waals surface area contributed by atoms with Gasteiger partial charge in [0.05, 0.1) is 17.7 Å². The maximum Gasteiger partial charge on any atom is 0.278 e. The number of aryl methyl sites for hydroxylation is 1. The molecule has 2 heterocycles. The zero-order valence-corrected chi connectivity index (χ0v) is 20.2. The van der Waals surface area contributed by atoms with E-state index in [2.05, 4.69) is 10.6 Å². The van der Waals surface area contributed by atoms with Gasteiger partial charge in [-0.15, -0.1) is 0 Å². The van der Waals surface area contributed by atoms with Crippen LogP contribution in [0, 0.1) is 12.7 Å². The van der Waals surface area contributed by atoms with E-state index in [9.17, 15) is 18.8 Å². The van der Waals surface area contributed by atoms with Gasteiger partial charge in [0.1, 0.15) is 17.1 Å². The summed E-state index contributed by atoms with van der Waals surface area (Å²) in [6.07, 6.45) is 3.98. The SMILES string of the molecule is CC(=O)Nc1c2n(c3ccc(F)cc13)CC(C)(C(=O)NC1CCCC1)N(c1ccc(C)cc1)C2=O. The first-order chi connectivity index (χ1) is 16.7. The summed E-state index contributed by atoms with van der Waals surface area (Å²) in [6, 6.07) is 11.7. The number of rotatable bonds is 4. The normalized spacial score (nSPS) is 20.2. The highest BCUT2D eigenvalue weighted by molar-refractivity contribution is 6.20. The lowest BCUT2D eigenvalue weighted by Gasteiger charge is -2.44. The molecule has 1 fully saturated rings. The fourth-order valence-electron chi connectivity index (χ4n) is 5.41. The first-order valence-corrected chi connectivity index (χ1v) is 12.0. The van der Waals surface area contributed by atoms with E-state index in [0.29, 0.717) is 16.6 Å². The van der Waals surface area contributed by atoms with Crippen LogP contribution in [-0.2, 0) is 16.1 Å². The molecule has 3 aromatic rings. The molecule has 2 aromatic carbocycles. The Kier molecular flexibility index (Phi) is 5.62. The Hall–Kier alpha value is -3.68. The summed E-state index contributed by atoms with van der Waals surface area (Å²) in [5, 5.41) is 6.33. The Morgan fingerprint density at radius 1 is 1.09 bits per heavy atom. The van der Waals surface area contributed by atoms with E-state index in [0.717, 1.165) is 31.2 Å². The summed E-state index contributed by atoms with van der Waals surface area (Å²) >= 11 is 0. The second-order valence-electron chi connectivity index (χ2n) is 9.86. The van der Waals surface area contributed by atoms with Crippen molar-refractivity contribution in [3.8, 4) is 0 Å². The molecule has 0 saturated heterocycles. The van der Waals surface area contributed by atoms with E-state index in [-0.39, 0.29) is 35.8 Å². The molecule has 3 amide bonds. The number of benzene rings is 2. The Labute approximate surface area is 203 Å². The molecule has 2 aliphatic rings. The first kappa shape index (κ1) is 23.1. The Morgan fingerprint density at radius 2 is 1.77 bits per heavy atom. The average molecular weight is 477 g/mol. The molecule has 35 heavy (non-hydrogen) atoms. The van der Waals surface area contributed by atoms with Crippen LogP contribution in [0.25, 0.3) is 10.9 Å². The van der Waals surface area contributed by atoms with Crippen molar-refractivity contribution in [2.45, 2.75) is 64.6 Å². The highest BCUT2D eigenvalue weighted by Crippen LogP contribution is 2.41. The van der Waals surface area contributed by atoms with Crippen molar-refractivity contribution in [2.75, 3.05) is 10.2 Å². The highest BCUT2D eigenvalue weighted by atomic mass is 19.1. The molecule has 1 aliphatic heterocycles. The van der Waals surface area contributed by atoms with E-state index in [1.165, 1.54) is 24.0 Å². The number of hydrogen-bond acceptors (Lipinski definition) is 3. The molecule has 8 heteroatoms. The smallest absolute Gasteiger partial charge is 0.278 e. The van der Waals surface area contributed by atoms with Gasteiger partial charge in [0.15, 0.2) is 0 Å². The number of fused-ring (bicyclic) bond motifs is 3. The van der Waals surface area contributed by atoms with Gasteiger partial charge in [0, 0.05) is 24.0 Å². The molecule has 0 bridgehead atoms. The first-order valence-electron chi connectivity index (χ1n) is 12.0. The van der Waals surface area contributed by atoms with E-state index >= 15 is 0 Å². The van der Waals surface area contributed by atoms with Crippen LogP contribution in [0.3, 0.4) is 0 Å². The number of hydrogen-bond donors (Lipinski definition) is 2. The molecule has 2 N–H and O–H groups in total. The zero-order valence-electron chi connectivity index (χ0n) is 20.2. The van der Waals surface area contributed by atoms with Gasteiger partial charge in [0.2, 0.25) is 11.8 Å². The Bertz CT molecular complexity index is 1340. The lowest BCUT2D eigenvalue weighted by Crippen LogP contribution is -2.65. The summed E-state index contributed by atoms with van der Waals surface area (Å²) in [7, 11) is 0. The zero-order chi connectivity index (χ0) is 24.9. The molecule has 5 rings (SSSR count). The van der Waals surface area contributed by atoms with Crippen LogP contribution in [0.15, 0.2) is 42.5 Å². The number of halogens is 1. The van der Waals surface area contributed by atoms with Gasteiger partial charge in [-0.2, -0.15) is 0 Å². The predicted octanol–water partition coefficient (Wildman–Crippen LogP) is 4.53. The second-order valence-corrected chi connectivity index (χ2v) is 9.86. The minimum Gasteiger partial charge on any atom is -0.351 e. The van der Waals surface area contributed by atoms with Gasteiger partial charge >= 0.3 is 0 Å². The lowest BCUT2D eigenvalue weighted by atomic mass is 9.93. The van der Waals surface area contributed by atoms with Gasteiger partial charge in [-0.05, 0) is 57.0 Å². The van der Waals surface area contributed by atoms with Crippen molar-refractivity contribution in [2.24, 2.45) is 0 Å². The monoisotopic (exact) mass is 476 g/mol. The van der Waals surface area contributed by atoms with E-state index < -0.39 is 17.3 Å². The van der Waals surface area contributed by atoms with E-state index in [4.69, 9.17) is 0 Å². The largest absolute Gasteiger partial charge is 0.351 e. The molecule has 0 radical (unpaired) electrons. The summed E-state index contributed by atoms with van der Waals surface area (Å²) in [5.41, 5.74) is 1.44. The number of carbonyl (C=O) groups is 3. The molecule has 7 nitrogen and oxygen atoms in total. The fourth-order valence-corrected chi connectivity index (χ4v) is 5.41. The minimum atomic E-state index is -1.24. The van der Waals surface area contributed by atoms with Crippen LogP contribution < -0.4 is 15.5 Å². The molecular weight excluding hydrogens is 447 g/mol. The van der Waals surface area contributed by atoms with Crippen molar-refractivity contribution >= 4 is 40.0 Å². The molecule has 1 saturated carbocycles. The van der Waals surface area contributed by atoms with Gasteiger partial charge in [0.25, 0.3) is 5.91 Å². The number of nitrogens with one attached hydrogen (secondary N) is 2. The molecule has 1 aromatic heterocycles. The van der Waals surface area contributed by atoms with Crippen LogP contribution in [0.4, 0.5) is 15.8 Å². The molecule has 182 valence electrons. The molecule has 1 atom stereocenters. The number of nitrogens with zero attached hydrogens (tertiary/aromatic N) is 2. The van der Waals surface area contributed by atoms with Crippen molar-refractivity contribution in [1.29, 1.82) is 0 Å². The number of amides is 3. The van der Waals surface area contributed by atoms with Crippen molar-refractivity contribution in [3.05, 3.63) is 59.5 Å². The second kappa shape index (κ2) is 8.52. The molecular formula is C27H29FN4O3. The Balaban J connectivity index is 1.71. The topological polar surface area (TPSA) is 83.4 Å². The summed E-state index contributed by atoms with van der Waals surface area (Å²) in [6.45, 7) is 5.22. The predicted molar refractivity (Wildman–Crippen MR) is 133 cm³/mol. The molecule has 1 unspecified atom stereocenters. The van der Waals surface area contributed by atoms with Crippen LogP contribution in [0.5, 0.6) is 0 Å². The summed E-state index contributed by atoms with van der Waals surface area (Å²) in [5.74, 6) is -1.50. The fraction of sp³-hybridized carbons (Fsp3) is 0.370. The van der Waals surface area contributed by atoms with Gasteiger partial charge in [-0.3, -0.25) is 19.3 Å². The molecule has 0 spiro atoms. The number of carbonyl (C=O) groups excluding carboxylic acids is 3. The third-order valence-corrected chi connectivity index (χ3v) is 7.16. The van der Waals surface area contributed by atoms with Gasteiger partial charge in [-0.25, -0.2) is 4.39 Å². The van der Waals surface area contributed by atoms with E-state index in [1.807, 2.05) is 31.2 Å². The third kappa shape index (κ3) is 3.87. The third-order valence-electron chi connectivity index (χ3n) is 7.16. The van der Waals surface area contributed by atoms with E-state index in [1.54, 1.807) is 17.6 Å². The summed E-state index contributed by atoms with van der Waals surface area (Å²) in [4.78, 5) is 41.6. The highest BCUT2D eigenvalue weighted by Gasteiger charge is 2.50. The minimum absolute atomic E-state index is 0.0844. The van der Waals surface area contributed by atoms with Crippen LogP contribution >= 0.6 is 0 Å². The van der Waals surface area contributed by atoms with Crippen molar-refractivity contribution in [1.82, 2.24) is 9.88 Å². The van der Waals surface area contributed by atoms with Crippen molar-refractivity contribution in [3.63, 3.8) is 0 Å². The summed E-state index contributed by atoms with van der Waals surface area (Å²) < 4.78 is 16.0. The van der Waals surface area contributed by atoms with Crippen molar-refractivity contribution < 1.29 is 18.8 Å². The quantitative estimate of drug-likeness (QED) is 0.581. The average Bonchev–Trinajstić information content (AvgIpc) is 3.41. The Morgan fingerprint density at radius 3 is 2.43 bits per heavy atom. The maximum absolute atomic E-state index is 14.2. The lowest BCUT2D eigenvalue weighted by molar-refractivity contribution is -0.127. The number of anilines is 2.